The van der Waals surface area contributed by atoms with Crippen LogP contribution in [0.15, 0.2) is 6.07 Å². The zero-order valence-electron chi connectivity index (χ0n) is 7.58. The number of alkyl halides is 4. The number of ether oxygens (including phenoxy) is 1. The molecule has 4 nitrogen and oxygen atoms in total. The molecule has 0 atom stereocenters. The Balaban J connectivity index is 3.17. The number of aldehydes is 1. The van der Waals surface area contributed by atoms with Crippen molar-refractivity contribution in [1.82, 2.24) is 4.98 Å². The molecule has 16 heavy (non-hydrogen) atoms. The van der Waals surface area contributed by atoms with E-state index >= 15 is 0 Å². The van der Waals surface area contributed by atoms with Gasteiger partial charge in [0.2, 0.25) is 5.88 Å². The summed E-state index contributed by atoms with van der Waals surface area (Å²) in [7, 11) is 0. The van der Waals surface area contributed by atoms with Gasteiger partial charge in [-0.25, -0.2) is 4.98 Å². The highest BCUT2D eigenvalue weighted by atomic mass is 79.9. The Labute approximate surface area is 96.2 Å². The summed E-state index contributed by atoms with van der Waals surface area (Å²) < 4.78 is 39.2. The summed E-state index contributed by atoms with van der Waals surface area (Å²) in [6.45, 7) is 0. The van der Waals surface area contributed by atoms with Crippen LogP contribution in [-0.2, 0) is 5.33 Å². The van der Waals surface area contributed by atoms with Gasteiger partial charge in [0.05, 0.1) is 11.3 Å². The van der Waals surface area contributed by atoms with Gasteiger partial charge >= 0.3 is 6.36 Å². The van der Waals surface area contributed by atoms with Crippen molar-refractivity contribution in [1.29, 1.82) is 0 Å². The second-order valence-electron chi connectivity index (χ2n) is 2.64. The minimum absolute atomic E-state index is 0.00523. The van der Waals surface area contributed by atoms with E-state index in [4.69, 9.17) is 0 Å². The molecule has 0 aliphatic rings. The van der Waals surface area contributed by atoms with E-state index in [2.05, 4.69) is 25.7 Å². The molecule has 0 aliphatic carbocycles. The van der Waals surface area contributed by atoms with Gasteiger partial charge in [0, 0.05) is 11.4 Å². The number of nitrogens with zero attached hydrogens (tertiary/aromatic N) is 1. The summed E-state index contributed by atoms with van der Waals surface area (Å²) >= 11 is 2.91. The van der Waals surface area contributed by atoms with Gasteiger partial charge in [0.25, 0.3) is 0 Å². The molecule has 0 bridgehead atoms. The van der Waals surface area contributed by atoms with Gasteiger partial charge in [-0.15, -0.1) is 13.2 Å². The van der Waals surface area contributed by atoms with E-state index in [0.717, 1.165) is 0 Å². The summed E-state index contributed by atoms with van der Waals surface area (Å²) in [5.74, 6) is -1.26. The number of aromatic hydroxyl groups is 1. The van der Waals surface area contributed by atoms with Gasteiger partial charge in [-0.05, 0) is 0 Å². The van der Waals surface area contributed by atoms with Crippen molar-refractivity contribution in [3.8, 4) is 11.6 Å². The van der Waals surface area contributed by atoms with Gasteiger partial charge in [-0.2, -0.15) is 0 Å². The Morgan fingerprint density at radius 1 is 1.56 bits per heavy atom. The fraction of sp³-hybridized carbons (Fsp3) is 0.250. The predicted molar refractivity (Wildman–Crippen MR) is 50.6 cm³/mol. The molecular formula is C8H5BrF3NO3. The van der Waals surface area contributed by atoms with Crippen LogP contribution in [0.1, 0.15) is 16.1 Å². The fourth-order valence-corrected chi connectivity index (χ4v) is 1.33. The summed E-state index contributed by atoms with van der Waals surface area (Å²) in [6.07, 6.45) is -4.68. The molecular weight excluding hydrogens is 295 g/mol. The largest absolute Gasteiger partial charge is 0.574 e. The maximum Gasteiger partial charge on any atom is 0.574 e. The predicted octanol–water partition coefficient (Wildman–Crippen LogP) is 2.39. The van der Waals surface area contributed by atoms with E-state index in [1.165, 1.54) is 0 Å². The van der Waals surface area contributed by atoms with Crippen LogP contribution >= 0.6 is 15.9 Å². The van der Waals surface area contributed by atoms with E-state index in [9.17, 15) is 23.1 Å². The number of pyridine rings is 1. The third-order valence-corrected chi connectivity index (χ3v) is 2.08. The van der Waals surface area contributed by atoms with Crippen molar-refractivity contribution in [3.05, 3.63) is 17.3 Å². The first kappa shape index (κ1) is 12.8. The van der Waals surface area contributed by atoms with Crippen LogP contribution < -0.4 is 4.74 Å². The van der Waals surface area contributed by atoms with Crippen LogP contribution in [0.3, 0.4) is 0 Å². The smallest absolute Gasteiger partial charge is 0.505 e. The maximum atomic E-state index is 11.9. The van der Waals surface area contributed by atoms with E-state index < -0.39 is 18.0 Å². The summed E-state index contributed by atoms with van der Waals surface area (Å²) in [5.41, 5.74) is -0.424. The third-order valence-electron chi connectivity index (χ3n) is 1.54. The standard InChI is InChI=1S/C8H5BrF3NO3/c9-2-5-7(15)4(3-14)1-6(13-5)16-8(10,11)12/h1,3,15H,2H2. The number of aromatic nitrogens is 1. The quantitative estimate of drug-likeness (QED) is 0.688. The lowest BCUT2D eigenvalue weighted by Crippen LogP contribution is -2.18. The molecule has 1 rings (SSSR count). The molecule has 0 fully saturated rings. The lowest BCUT2D eigenvalue weighted by Gasteiger charge is -2.10. The molecule has 0 spiro atoms. The molecule has 1 N–H and O–H groups in total. The van der Waals surface area contributed by atoms with Crippen molar-refractivity contribution >= 4 is 22.2 Å². The van der Waals surface area contributed by atoms with Crippen LogP contribution in [0.5, 0.6) is 11.6 Å². The third kappa shape index (κ3) is 3.09. The molecule has 1 aromatic heterocycles. The minimum atomic E-state index is -4.90. The van der Waals surface area contributed by atoms with E-state index in [1.54, 1.807) is 0 Å². The molecule has 0 unspecified atom stereocenters. The first-order valence-corrected chi connectivity index (χ1v) is 4.99. The minimum Gasteiger partial charge on any atom is -0.505 e. The number of rotatable bonds is 3. The molecule has 0 aromatic carbocycles. The van der Waals surface area contributed by atoms with Crippen LogP contribution in [-0.4, -0.2) is 22.7 Å². The van der Waals surface area contributed by atoms with Crippen molar-refractivity contribution in [2.45, 2.75) is 11.7 Å². The normalized spacial score (nSPS) is 11.2. The van der Waals surface area contributed by atoms with Crippen LogP contribution in [0, 0.1) is 0 Å². The van der Waals surface area contributed by atoms with E-state index in [0.29, 0.717) is 6.07 Å². The van der Waals surface area contributed by atoms with Crippen LogP contribution in [0.25, 0.3) is 0 Å². The summed E-state index contributed by atoms with van der Waals surface area (Å²) in [6, 6.07) is 0.710. The topological polar surface area (TPSA) is 59.4 Å². The Bertz CT molecular complexity index is 408. The summed E-state index contributed by atoms with van der Waals surface area (Å²) in [5, 5.41) is 9.35. The molecule has 1 aromatic rings. The maximum absolute atomic E-state index is 11.9. The Kier molecular flexibility index (Phi) is 3.74. The number of halogens is 4. The number of carbonyl (C=O) groups excluding carboxylic acids is 1. The zero-order valence-corrected chi connectivity index (χ0v) is 9.17. The Hall–Kier alpha value is -1.31. The van der Waals surface area contributed by atoms with Crippen molar-refractivity contribution in [3.63, 3.8) is 0 Å². The zero-order chi connectivity index (χ0) is 12.3. The van der Waals surface area contributed by atoms with Crippen LogP contribution in [0.2, 0.25) is 0 Å². The monoisotopic (exact) mass is 299 g/mol. The van der Waals surface area contributed by atoms with Gasteiger partial charge in [-0.1, -0.05) is 15.9 Å². The highest BCUT2D eigenvalue weighted by Crippen LogP contribution is 2.28. The van der Waals surface area contributed by atoms with Crippen LogP contribution in [0.4, 0.5) is 13.2 Å². The highest BCUT2D eigenvalue weighted by molar-refractivity contribution is 9.08. The van der Waals surface area contributed by atoms with Crippen molar-refractivity contribution in [2.75, 3.05) is 0 Å². The van der Waals surface area contributed by atoms with Crippen molar-refractivity contribution in [2.24, 2.45) is 0 Å². The number of hydrogen-bond donors (Lipinski definition) is 1. The molecule has 0 amide bonds. The van der Waals surface area contributed by atoms with Gasteiger partial charge in [0.1, 0.15) is 5.75 Å². The highest BCUT2D eigenvalue weighted by Gasteiger charge is 2.32. The molecule has 88 valence electrons. The Morgan fingerprint density at radius 3 is 2.62 bits per heavy atom. The van der Waals surface area contributed by atoms with Gasteiger partial charge in [-0.3, -0.25) is 4.79 Å². The average Bonchev–Trinajstić information content (AvgIpc) is 2.18. The molecule has 8 heteroatoms. The van der Waals surface area contributed by atoms with E-state index in [1.807, 2.05) is 0 Å². The first-order chi connectivity index (χ1) is 7.37. The fourth-order valence-electron chi connectivity index (χ4n) is 0.940. The second-order valence-corrected chi connectivity index (χ2v) is 3.21. The lowest BCUT2D eigenvalue weighted by atomic mass is 10.2. The molecule has 1 heterocycles. The van der Waals surface area contributed by atoms with E-state index in [-0.39, 0.29) is 22.9 Å². The number of hydrogen-bond acceptors (Lipinski definition) is 4. The number of carbonyl (C=O) groups is 1. The SMILES string of the molecule is O=Cc1cc(OC(F)(F)F)nc(CBr)c1O. The van der Waals surface area contributed by atoms with Gasteiger partial charge in [0.15, 0.2) is 6.29 Å². The lowest BCUT2D eigenvalue weighted by molar-refractivity contribution is -0.276. The summed E-state index contributed by atoms with van der Waals surface area (Å²) in [4.78, 5) is 13.9. The van der Waals surface area contributed by atoms with Gasteiger partial charge < -0.3 is 9.84 Å². The molecule has 0 radical (unpaired) electrons. The first-order valence-electron chi connectivity index (χ1n) is 3.87. The molecule has 0 aliphatic heterocycles. The average molecular weight is 300 g/mol. The molecule has 0 saturated carbocycles. The van der Waals surface area contributed by atoms with Crippen molar-refractivity contribution < 1.29 is 27.8 Å². The second kappa shape index (κ2) is 4.69. The molecule has 0 saturated heterocycles. The Morgan fingerprint density at radius 2 is 2.19 bits per heavy atom.